The van der Waals surface area contributed by atoms with E-state index in [9.17, 15) is 0 Å². The summed E-state index contributed by atoms with van der Waals surface area (Å²) in [5.41, 5.74) is 8.38. The van der Waals surface area contributed by atoms with Crippen LogP contribution < -0.4 is 0 Å². The molecule has 4 nitrogen and oxygen atoms in total. The van der Waals surface area contributed by atoms with Crippen LogP contribution in [0, 0.1) is 0 Å². The molecule has 42 heavy (non-hydrogen) atoms. The second-order valence-electron chi connectivity index (χ2n) is 10.9. The molecule has 5 heterocycles. The van der Waals surface area contributed by atoms with E-state index in [0.717, 1.165) is 49.9 Å². The maximum Gasteiger partial charge on any atom is 0.136 e. The van der Waals surface area contributed by atoms with Gasteiger partial charge in [0.05, 0.1) is 22.2 Å². The molecule has 0 saturated heterocycles. The molecule has 0 radical (unpaired) electrons. The fourth-order valence-corrected chi connectivity index (χ4v) is 7.86. The highest BCUT2D eigenvalue weighted by atomic mass is 32.1. The van der Waals surface area contributed by atoms with Crippen molar-refractivity contribution >= 4 is 80.9 Å². The van der Waals surface area contributed by atoms with Crippen LogP contribution in [0.2, 0.25) is 0 Å². The first-order chi connectivity index (χ1) is 20.8. The molecule has 5 aromatic heterocycles. The molecular weight excluding hydrogens is 534 g/mol. The van der Waals surface area contributed by atoms with Gasteiger partial charge in [-0.2, -0.15) is 5.10 Å². The summed E-state index contributed by atoms with van der Waals surface area (Å²) in [6, 6.07) is 45.2. The number of pyridine rings is 1. The summed E-state index contributed by atoms with van der Waals surface area (Å²) < 4.78 is 12.1. The second kappa shape index (κ2) is 8.09. The van der Waals surface area contributed by atoms with Gasteiger partial charge in [-0.15, -0.1) is 11.3 Å². The Morgan fingerprint density at radius 2 is 1.45 bits per heavy atom. The number of benzene rings is 5. The lowest BCUT2D eigenvalue weighted by Gasteiger charge is -2.08. The highest BCUT2D eigenvalue weighted by molar-refractivity contribution is 7.25. The van der Waals surface area contributed by atoms with Crippen LogP contribution in [0.15, 0.2) is 132 Å². The number of thiophene rings is 1. The van der Waals surface area contributed by atoms with Crippen molar-refractivity contribution < 1.29 is 4.42 Å². The zero-order valence-corrected chi connectivity index (χ0v) is 23.1. The fraction of sp³-hybridized carbons (Fsp3) is 0. The molecule has 0 fully saturated rings. The number of para-hydroxylation sites is 2. The Kier molecular flexibility index (Phi) is 4.30. The van der Waals surface area contributed by atoms with Crippen LogP contribution in [0.5, 0.6) is 0 Å². The van der Waals surface area contributed by atoms with E-state index < -0.39 is 0 Å². The van der Waals surface area contributed by atoms with Gasteiger partial charge in [-0.05, 0) is 54.6 Å². The number of aromatic nitrogens is 3. The van der Waals surface area contributed by atoms with Gasteiger partial charge in [0, 0.05) is 48.3 Å². The van der Waals surface area contributed by atoms with E-state index in [4.69, 9.17) is 9.52 Å². The summed E-state index contributed by atoms with van der Waals surface area (Å²) in [6.45, 7) is 0. The Hall–Kier alpha value is -5.39. The largest absolute Gasteiger partial charge is 0.456 e. The van der Waals surface area contributed by atoms with E-state index in [1.165, 1.54) is 36.6 Å². The molecule has 5 heteroatoms. The number of rotatable bonds is 2. The van der Waals surface area contributed by atoms with Crippen LogP contribution >= 0.6 is 11.3 Å². The van der Waals surface area contributed by atoms with Crippen LogP contribution in [0.4, 0.5) is 0 Å². The predicted molar refractivity (Wildman–Crippen MR) is 175 cm³/mol. The zero-order valence-electron chi connectivity index (χ0n) is 22.3. The van der Waals surface area contributed by atoms with Gasteiger partial charge in [0.1, 0.15) is 16.0 Å². The minimum Gasteiger partial charge on any atom is -0.456 e. The van der Waals surface area contributed by atoms with Gasteiger partial charge in [-0.1, -0.05) is 72.8 Å². The highest BCUT2D eigenvalue weighted by Gasteiger charge is 2.20. The maximum absolute atomic E-state index is 6.33. The third kappa shape index (κ3) is 2.98. The van der Waals surface area contributed by atoms with Crippen LogP contribution in [-0.4, -0.2) is 14.2 Å². The van der Waals surface area contributed by atoms with E-state index >= 15 is 0 Å². The van der Waals surface area contributed by atoms with Crippen molar-refractivity contribution in [1.82, 2.24) is 14.2 Å². The molecule has 196 valence electrons. The van der Waals surface area contributed by atoms with Crippen molar-refractivity contribution in [3.63, 3.8) is 0 Å². The summed E-state index contributed by atoms with van der Waals surface area (Å²) >= 11 is 1.84. The smallest absolute Gasteiger partial charge is 0.136 e. The van der Waals surface area contributed by atoms with Gasteiger partial charge in [0.25, 0.3) is 0 Å². The van der Waals surface area contributed by atoms with Gasteiger partial charge in [0.15, 0.2) is 0 Å². The Bertz CT molecular complexity index is 2700. The van der Waals surface area contributed by atoms with Gasteiger partial charge in [-0.25, -0.2) is 4.52 Å². The van der Waals surface area contributed by atoms with E-state index in [-0.39, 0.29) is 0 Å². The minimum atomic E-state index is 0.916. The molecule has 0 N–H and O–H groups in total. The molecule has 0 spiro atoms. The molecule has 0 bridgehead atoms. The number of fused-ring (bicyclic) bond motifs is 11. The molecular formula is C37H21N3OS. The summed E-state index contributed by atoms with van der Waals surface area (Å²) in [5.74, 6) is 0. The van der Waals surface area contributed by atoms with Gasteiger partial charge in [-0.3, -0.25) is 0 Å². The molecule has 0 atom stereocenters. The minimum absolute atomic E-state index is 0.916. The summed E-state index contributed by atoms with van der Waals surface area (Å²) in [5, 5.41) is 12.3. The van der Waals surface area contributed by atoms with Crippen molar-refractivity contribution in [3.05, 3.63) is 127 Å². The predicted octanol–water partition coefficient (Wildman–Crippen LogP) is 10.4. The van der Waals surface area contributed by atoms with Crippen molar-refractivity contribution in [2.45, 2.75) is 0 Å². The molecule has 0 aliphatic heterocycles. The summed E-state index contributed by atoms with van der Waals surface area (Å²) in [6.07, 6.45) is 0. The van der Waals surface area contributed by atoms with Crippen molar-refractivity contribution in [3.8, 4) is 16.9 Å². The molecule has 0 amide bonds. The van der Waals surface area contributed by atoms with Crippen molar-refractivity contribution in [1.29, 1.82) is 0 Å². The fourth-order valence-electron chi connectivity index (χ4n) is 6.61. The van der Waals surface area contributed by atoms with Crippen molar-refractivity contribution in [2.24, 2.45) is 0 Å². The molecule has 0 aliphatic carbocycles. The lowest BCUT2D eigenvalue weighted by Crippen LogP contribution is -1.94. The van der Waals surface area contributed by atoms with Gasteiger partial charge in [0.2, 0.25) is 0 Å². The molecule has 0 aliphatic rings. The van der Waals surface area contributed by atoms with Gasteiger partial charge < -0.3 is 8.98 Å². The van der Waals surface area contributed by atoms with Gasteiger partial charge >= 0.3 is 0 Å². The Labute approximate surface area is 243 Å². The average Bonchev–Trinajstić information content (AvgIpc) is 3.79. The van der Waals surface area contributed by atoms with Crippen LogP contribution in [0.1, 0.15) is 0 Å². The SMILES string of the molecule is c1cc(-c2cc3ccc4ccccc4n3n2)cc(-n2c3cc4c(cc3c3c5ccccc5sc32)oc2ccccc24)c1. The van der Waals surface area contributed by atoms with E-state index in [2.05, 4.69) is 120 Å². The molecule has 0 unspecified atom stereocenters. The van der Waals surface area contributed by atoms with E-state index in [0.29, 0.717) is 0 Å². The molecule has 5 aromatic carbocycles. The first-order valence-corrected chi connectivity index (χ1v) is 14.9. The monoisotopic (exact) mass is 555 g/mol. The van der Waals surface area contributed by atoms with Crippen LogP contribution in [0.25, 0.3) is 86.5 Å². The normalized spacial score (nSPS) is 12.3. The number of hydrogen-bond acceptors (Lipinski definition) is 3. The number of hydrogen-bond donors (Lipinski definition) is 0. The average molecular weight is 556 g/mol. The van der Waals surface area contributed by atoms with Crippen molar-refractivity contribution in [2.75, 3.05) is 0 Å². The van der Waals surface area contributed by atoms with E-state index in [1.54, 1.807) is 0 Å². The van der Waals surface area contributed by atoms with Crippen LogP contribution in [-0.2, 0) is 0 Å². The first kappa shape index (κ1) is 22.3. The quantitative estimate of drug-likeness (QED) is 0.213. The Morgan fingerprint density at radius 3 is 2.43 bits per heavy atom. The molecule has 0 saturated carbocycles. The maximum atomic E-state index is 6.33. The third-order valence-corrected chi connectivity index (χ3v) is 9.68. The Morgan fingerprint density at radius 1 is 0.595 bits per heavy atom. The number of nitrogens with zero attached hydrogens (tertiary/aromatic N) is 3. The standard InChI is InChI=1S/C37H21N3OS/c1-4-13-31-22(8-1)16-17-25-19-30(38-40(25)31)23-9-7-10-24(18-23)39-32-20-28-26-11-2-5-14-33(26)41-34(28)21-29(32)36-27-12-3-6-15-35(27)42-37(36)39/h1-21H. The second-order valence-corrected chi connectivity index (χ2v) is 11.9. The topological polar surface area (TPSA) is 35.4 Å². The number of furan rings is 1. The molecule has 10 rings (SSSR count). The third-order valence-electron chi connectivity index (χ3n) is 8.52. The zero-order chi connectivity index (χ0) is 27.4. The van der Waals surface area contributed by atoms with E-state index in [1.807, 2.05) is 28.0 Å². The Balaban J connectivity index is 1.27. The van der Waals surface area contributed by atoms with Crippen LogP contribution in [0.3, 0.4) is 0 Å². The first-order valence-electron chi connectivity index (χ1n) is 14.1. The molecule has 10 aromatic rings. The summed E-state index contributed by atoms with van der Waals surface area (Å²) in [7, 11) is 0. The summed E-state index contributed by atoms with van der Waals surface area (Å²) in [4.78, 5) is 1.24. The lowest BCUT2D eigenvalue weighted by atomic mass is 10.1. The lowest BCUT2D eigenvalue weighted by molar-refractivity contribution is 0.669. The highest BCUT2D eigenvalue weighted by Crippen LogP contribution is 2.45.